The van der Waals surface area contributed by atoms with Gasteiger partial charge in [-0.1, -0.05) is 5.57 Å². The van der Waals surface area contributed by atoms with Crippen molar-refractivity contribution in [2.24, 2.45) is 5.92 Å². The second kappa shape index (κ2) is 3.35. The fourth-order valence-electron chi connectivity index (χ4n) is 1.39. The Bertz CT molecular complexity index is 265. The SMILES string of the molecule is CC1=CC([N+](=O)[O-])C(C#N)CC1. The third-order valence-electron chi connectivity index (χ3n) is 2.13. The van der Waals surface area contributed by atoms with E-state index in [9.17, 15) is 10.1 Å². The van der Waals surface area contributed by atoms with Gasteiger partial charge in [0.2, 0.25) is 6.04 Å². The Hall–Kier alpha value is -1.37. The number of rotatable bonds is 1. The van der Waals surface area contributed by atoms with Gasteiger partial charge in [0.05, 0.1) is 6.07 Å². The van der Waals surface area contributed by atoms with Gasteiger partial charge >= 0.3 is 0 Å². The Morgan fingerprint density at radius 1 is 1.83 bits per heavy atom. The third kappa shape index (κ3) is 1.62. The van der Waals surface area contributed by atoms with E-state index in [1.807, 2.05) is 13.0 Å². The van der Waals surface area contributed by atoms with Crippen LogP contribution in [0.1, 0.15) is 19.8 Å². The lowest BCUT2D eigenvalue weighted by Gasteiger charge is -2.17. The Kier molecular flexibility index (Phi) is 2.44. The van der Waals surface area contributed by atoms with Crippen LogP contribution in [0.5, 0.6) is 0 Å². The molecule has 2 atom stereocenters. The van der Waals surface area contributed by atoms with E-state index in [0.717, 1.165) is 12.0 Å². The second-order valence-corrected chi connectivity index (χ2v) is 3.06. The van der Waals surface area contributed by atoms with Crippen LogP contribution in [-0.2, 0) is 0 Å². The molecule has 2 unspecified atom stereocenters. The minimum Gasteiger partial charge on any atom is -0.264 e. The van der Waals surface area contributed by atoms with Crippen LogP contribution < -0.4 is 0 Å². The molecule has 0 radical (unpaired) electrons. The summed E-state index contributed by atoms with van der Waals surface area (Å²) in [7, 11) is 0. The van der Waals surface area contributed by atoms with Crippen LogP contribution in [0.25, 0.3) is 0 Å². The minimum absolute atomic E-state index is 0.378. The Labute approximate surface area is 70.6 Å². The summed E-state index contributed by atoms with van der Waals surface area (Å²) in [6.07, 6.45) is 3.02. The molecule has 0 heterocycles. The molecule has 0 saturated heterocycles. The maximum absolute atomic E-state index is 10.5. The maximum Gasteiger partial charge on any atom is 0.247 e. The van der Waals surface area contributed by atoms with Crippen molar-refractivity contribution >= 4 is 0 Å². The molecule has 0 aliphatic heterocycles. The average Bonchev–Trinajstić information content (AvgIpc) is 2.04. The van der Waals surface area contributed by atoms with Gasteiger partial charge in [0.15, 0.2) is 0 Å². The highest BCUT2D eigenvalue weighted by molar-refractivity contribution is 5.12. The molecule has 0 saturated carbocycles. The molecule has 0 amide bonds. The van der Waals surface area contributed by atoms with Crippen molar-refractivity contribution in [1.29, 1.82) is 5.26 Å². The van der Waals surface area contributed by atoms with Crippen molar-refractivity contribution in [3.8, 4) is 6.07 Å². The minimum atomic E-state index is -0.788. The molecule has 64 valence electrons. The van der Waals surface area contributed by atoms with E-state index in [1.165, 1.54) is 0 Å². The van der Waals surface area contributed by atoms with Crippen molar-refractivity contribution < 1.29 is 4.92 Å². The van der Waals surface area contributed by atoms with E-state index in [2.05, 4.69) is 0 Å². The highest BCUT2D eigenvalue weighted by Gasteiger charge is 2.32. The normalized spacial score (nSPS) is 28.8. The van der Waals surface area contributed by atoms with Crippen LogP contribution in [0.2, 0.25) is 0 Å². The van der Waals surface area contributed by atoms with E-state index >= 15 is 0 Å². The first-order chi connectivity index (χ1) is 5.65. The quantitative estimate of drug-likeness (QED) is 0.337. The van der Waals surface area contributed by atoms with E-state index in [0.29, 0.717) is 6.42 Å². The molecule has 1 rings (SSSR count). The van der Waals surface area contributed by atoms with E-state index < -0.39 is 12.0 Å². The van der Waals surface area contributed by atoms with Crippen LogP contribution in [0.15, 0.2) is 11.6 Å². The van der Waals surface area contributed by atoms with Gasteiger partial charge in [-0.3, -0.25) is 10.1 Å². The standard InChI is InChI=1S/C8H10N2O2/c1-6-2-3-7(5-9)8(4-6)10(11)12/h4,7-8H,2-3H2,1H3. The highest BCUT2D eigenvalue weighted by atomic mass is 16.6. The van der Waals surface area contributed by atoms with Crippen molar-refractivity contribution in [2.75, 3.05) is 0 Å². The molecule has 12 heavy (non-hydrogen) atoms. The van der Waals surface area contributed by atoms with Gasteiger partial charge in [0.1, 0.15) is 5.92 Å². The number of allylic oxidation sites excluding steroid dienone is 1. The number of nitriles is 1. The molecular weight excluding hydrogens is 156 g/mol. The van der Waals surface area contributed by atoms with Gasteiger partial charge in [-0.2, -0.15) is 5.26 Å². The first-order valence-electron chi connectivity index (χ1n) is 3.85. The number of nitrogens with zero attached hydrogens (tertiary/aromatic N) is 2. The summed E-state index contributed by atoms with van der Waals surface area (Å²) in [6.45, 7) is 1.87. The molecule has 0 spiro atoms. The van der Waals surface area contributed by atoms with Gasteiger partial charge in [0, 0.05) is 4.92 Å². The van der Waals surface area contributed by atoms with Crippen molar-refractivity contribution in [3.05, 3.63) is 21.8 Å². The number of hydrogen-bond donors (Lipinski definition) is 0. The van der Waals surface area contributed by atoms with Crippen LogP contribution in [0.4, 0.5) is 0 Å². The summed E-state index contributed by atoms with van der Waals surface area (Å²) in [4.78, 5) is 10.1. The molecule has 0 aromatic rings. The number of nitro groups is 1. The van der Waals surface area contributed by atoms with Gasteiger partial charge in [-0.15, -0.1) is 0 Å². The molecule has 0 N–H and O–H groups in total. The van der Waals surface area contributed by atoms with E-state index in [4.69, 9.17) is 5.26 Å². The zero-order chi connectivity index (χ0) is 9.14. The predicted octanol–water partition coefficient (Wildman–Crippen LogP) is 1.51. The molecule has 0 aromatic heterocycles. The Morgan fingerprint density at radius 3 is 3.00 bits per heavy atom. The molecule has 1 aliphatic rings. The summed E-state index contributed by atoms with van der Waals surface area (Å²) in [5, 5.41) is 19.1. The molecule has 4 nitrogen and oxygen atoms in total. The summed E-state index contributed by atoms with van der Waals surface area (Å²) in [5.41, 5.74) is 1.02. The monoisotopic (exact) mass is 166 g/mol. The molecule has 0 bridgehead atoms. The van der Waals surface area contributed by atoms with Gasteiger partial charge in [-0.05, 0) is 25.8 Å². The molecule has 0 aromatic carbocycles. The Balaban J connectivity index is 2.84. The van der Waals surface area contributed by atoms with Crippen molar-refractivity contribution in [1.82, 2.24) is 0 Å². The summed E-state index contributed by atoms with van der Waals surface area (Å²) < 4.78 is 0. The van der Waals surface area contributed by atoms with Gasteiger partial charge < -0.3 is 0 Å². The first-order valence-corrected chi connectivity index (χ1v) is 3.85. The second-order valence-electron chi connectivity index (χ2n) is 3.06. The lowest BCUT2D eigenvalue weighted by Crippen LogP contribution is -2.29. The average molecular weight is 166 g/mol. The zero-order valence-corrected chi connectivity index (χ0v) is 6.86. The Morgan fingerprint density at radius 2 is 2.50 bits per heavy atom. The largest absolute Gasteiger partial charge is 0.264 e. The number of hydrogen-bond acceptors (Lipinski definition) is 3. The third-order valence-corrected chi connectivity index (χ3v) is 2.13. The molecule has 4 heteroatoms. The smallest absolute Gasteiger partial charge is 0.247 e. The summed E-state index contributed by atoms with van der Waals surface area (Å²) in [6, 6.07) is 1.18. The molecular formula is C8H10N2O2. The van der Waals surface area contributed by atoms with E-state index in [1.54, 1.807) is 6.08 Å². The topological polar surface area (TPSA) is 66.9 Å². The van der Waals surface area contributed by atoms with Crippen molar-refractivity contribution in [3.63, 3.8) is 0 Å². The first kappa shape index (κ1) is 8.72. The van der Waals surface area contributed by atoms with Crippen LogP contribution >= 0.6 is 0 Å². The lowest BCUT2D eigenvalue weighted by molar-refractivity contribution is -0.516. The predicted molar refractivity (Wildman–Crippen MR) is 42.9 cm³/mol. The zero-order valence-electron chi connectivity index (χ0n) is 6.86. The van der Waals surface area contributed by atoms with Crippen molar-refractivity contribution in [2.45, 2.75) is 25.8 Å². The fourth-order valence-corrected chi connectivity index (χ4v) is 1.39. The van der Waals surface area contributed by atoms with E-state index in [-0.39, 0.29) is 4.92 Å². The molecule has 1 aliphatic carbocycles. The van der Waals surface area contributed by atoms with Gasteiger partial charge in [0.25, 0.3) is 0 Å². The maximum atomic E-state index is 10.5. The summed E-state index contributed by atoms with van der Waals surface area (Å²) >= 11 is 0. The highest BCUT2D eigenvalue weighted by Crippen LogP contribution is 2.24. The van der Waals surface area contributed by atoms with Gasteiger partial charge in [-0.25, -0.2) is 0 Å². The fraction of sp³-hybridized carbons (Fsp3) is 0.625. The molecule has 0 fully saturated rings. The lowest BCUT2D eigenvalue weighted by atomic mass is 9.87. The van der Waals surface area contributed by atoms with Crippen LogP contribution in [0, 0.1) is 27.4 Å². The van der Waals surface area contributed by atoms with Crippen LogP contribution in [-0.4, -0.2) is 11.0 Å². The van der Waals surface area contributed by atoms with Crippen LogP contribution in [0.3, 0.4) is 0 Å². The summed E-state index contributed by atoms with van der Waals surface area (Å²) in [5.74, 6) is -0.441.